The van der Waals surface area contributed by atoms with Crippen LogP contribution in [0.3, 0.4) is 0 Å². The highest BCUT2D eigenvalue weighted by Gasteiger charge is 2.11. The molecule has 25 heavy (non-hydrogen) atoms. The first-order chi connectivity index (χ1) is 12.1. The van der Waals surface area contributed by atoms with E-state index in [0.717, 1.165) is 22.3 Å². The molecule has 6 nitrogen and oxygen atoms in total. The van der Waals surface area contributed by atoms with Gasteiger partial charge in [-0.15, -0.1) is 0 Å². The van der Waals surface area contributed by atoms with E-state index in [0.29, 0.717) is 10.7 Å². The molecule has 0 atom stereocenters. The summed E-state index contributed by atoms with van der Waals surface area (Å²) in [5.74, 6) is 0.390. The molecule has 8 heteroatoms. The molecule has 1 amide bonds. The number of amides is 1. The number of thiocarbonyl (C=S) groups is 1. The fourth-order valence-corrected chi connectivity index (χ4v) is 2.66. The van der Waals surface area contributed by atoms with Crippen LogP contribution < -0.4 is 20.9 Å². The molecule has 0 unspecified atom stereocenters. The summed E-state index contributed by atoms with van der Waals surface area (Å²) >= 11 is 11.3. The van der Waals surface area contributed by atoms with Crippen LogP contribution in [0.25, 0.3) is 10.9 Å². The van der Waals surface area contributed by atoms with Gasteiger partial charge in [0.25, 0.3) is 5.91 Å². The molecular weight excluding hydrogens is 360 g/mol. The molecule has 0 spiro atoms. The van der Waals surface area contributed by atoms with Gasteiger partial charge in [0, 0.05) is 21.6 Å². The molecule has 3 rings (SSSR count). The minimum atomic E-state index is -0.355. The van der Waals surface area contributed by atoms with E-state index >= 15 is 0 Å². The minimum absolute atomic E-state index is 0.257. The Balaban J connectivity index is 1.58. The summed E-state index contributed by atoms with van der Waals surface area (Å²) in [7, 11) is 1.60. The van der Waals surface area contributed by atoms with Crippen LogP contribution in [0.1, 0.15) is 10.5 Å². The van der Waals surface area contributed by atoms with E-state index in [9.17, 15) is 4.79 Å². The van der Waals surface area contributed by atoms with Crippen LogP contribution in [0.5, 0.6) is 5.75 Å². The summed E-state index contributed by atoms with van der Waals surface area (Å²) in [6.07, 6.45) is 0. The number of carbonyl (C=O) groups is 1. The van der Waals surface area contributed by atoms with Crippen molar-refractivity contribution in [3.05, 3.63) is 59.2 Å². The number of carbonyl (C=O) groups excluding carboxylic acids is 1. The standard InChI is InChI=1S/C17H15ClN4O2S/c1-24-11-7-5-10(6-8-11)19-17(25)22-21-16(23)15-9-12-13(18)3-2-4-14(12)20-15/h2-9,20H,1H3,(H,21,23)(H2,19,22,25). The number of rotatable bonds is 3. The van der Waals surface area contributed by atoms with Gasteiger partial charge in [0.2, 0.25) is 0 Å². The maximum absolute atomic E-state index is 12.2. The average molecular weight is 375 g/mol. The van der Waals surface area contributed by atoms with Gasteiger partial charge in [0.1, 0.15) is 11.4 Å². The molecule has 128 valence electrons. The lowest BCUT2D eigenvalue weighted by atomic mass is 10.2. The lowest BCUT2D eigenvalue weighted by molar-refractivity contribution is 0.0940. The second kappa shape index (κ2) is 7.42. The molecule has 0 bridgehead atoms. The van der Waals surface area contributed by atoms with E-state index in [4.69, 9.17) is 28.6 Å². The highest BCUT2D eigenvalue weighted by Crippen LogP contribution is 2.23. The Morgan fingerprint density at radius 1 is 1.16 bits per heavy atom. The van der Waals surface area contributed by atoms with Gasteiger partial charge in [-0.2, -0.15) is 0 Å². The number of nitrogens with one attached hydrogen (secondary N) is 4. The Morgan fingerprint density at radius 3 is 2.60 bits per heavy atom. The summed E-state index contributed by atoms with van der Waals surface area (Å²) in [4.78, 5) is 15.2. The fraction of sp³-hybridized carbons (Fsp3) is 0.0588. The lowest BCUT2D eigenvalue weighted by Crippen LogP contribution is -2.43. The molecular formula is C17H15ClN4O2S. The third kappa shape index (κ3) is 4.01. The third-order valence-electron chi connectivity index (χ3n) is 3.49. The topological polar surface area (TPSA) is 78.2 Å². The molecule has 0 radical (unpaired) electrons. The summed E-state index contributed by atoms with van der Waals surface area (Å²) in [6.45, 7) is 0. The molecule has 1 heterocycles. The van der Waals surface area contributed by atoms with Crippen LogP contribution >= 0.6 is 23.8 Å². The third-order valence-corrected chi connectivity index (χ3v) is 4.03. The van der Waals surface area contributed by atoms with Crippen molar-refractivity contribution in [2.24, 2.45) is 0 Å². The molecule has 2 aromatic carbocycles. The number of anilines is 1. The summed E-state index contributed by atoms with van der Waals surface area (Å²) in [5.41, 5.74) is 7.12. The van der Waals surface area contributed by atoms with E-state index in [-0.39, 0.29) is 11.0 Å². The zero-order valence-corrected chi connectivity index (χ0v) is 14.8. The molecule has 0 saturated carbocycles. The van der Waals surface area contributed by atoms with Crippen molar-refractivity contribution in [1.29, 1.82) is 0 Å². The number of fused-ring (bicyclic) bond motifs is 1. The molecule has 0 saturated heterocycles. The Bertz CT molecular complexity index is 924. The minimum Gasteiger partial charge on any atom is -0.497 e. The Morgan fingerprint density at radius 2 is 1.92 bits per heavy atom. The van der Waals surface area contributed by atoms with Crippen molar-refractivity contribution in [2.45, 2.75) is 0 Å². The van der Waals surface area contributed by atoms with E-state index in [2.05, 4.69) is 21.2 Å². The van der Waals surface area contributed by atoms with E-state index in [1.165, 1.54) is 0 Å². The number of benzene rings is 2. The van der Waals surface area contributed by atoms with Gasteiger partial charge in [-0.1, -0.05) is 17.7 Å². The number of aromatic nitrogens is 1. The number of hydrazine groups is 1. The first kappa shape index (κ1) is 17.1. The molecule has 1 aromatic heterocycles. The zero-order valence-electron chi connectivity index (χ0n) is 13.2. The van der Waals surface area contributed by atoms with Crippen molar-refractivity contribution in [3.63, 3.8) is 0 Å². The van der Waals surface area contributed by atoms with Crippen LogP contribution in [0.4, 0.5) is 5.69 Å². The zero-order chi connectivity index (χ0) is 17.8. The maximum atomic E-state index is 12.2. The Hall–Kier alpha value is -2.77. The second-order valence-corrected chi connectivity index (χ2v) is 5.96. The Labute approximate surface area is 154 Å². The highest BCUT2D eigenvalue weighted by atomic mass is 35.5. The summed E-state index contributed by atoms with van der Waals surface area (Å²) < 4.78 is 5.09. The SMILES string of the molecule is COc1ccc(NC(=S)NNC(=O)c2cc3c(Cl)cccc3[nH]2)cc1. The summed E-state index contributed by atoms with van der Waals surface area (Å²) in [5, 5.41) is 4.58. The number of halogens is 1. The van der Waals surface area contributed by atoms with Crippen molar-refractivity contribution in [1.82, 2.24) is 15.8 Å². The van der Waals surface area contributed by atoms with E-state index in [1.807, 2.05) is 24.3 Å². The molecule has 3 aromatic rings. The number of methoxy groups -OCH3 is 1. The number of H-pyrrole nitrogens is 1. The summed E-state index contributed by atoms with van der Waals surface area (Å²) in [6, 6.07) is 14.4. The fourth-order valence-electron chi connectivity index (χ4n) is 2.26. The second-order valence-electron chi connectivity index (χ2n) is 5.15. The number of aromatic amines is 1. The van der Waals surface area contributed by atoms with Gasteiger partial charge in [-0.05, 0) is 54.7 Å². The number of ether oxygens (including phenoxy) is 1. The van der Waals surface area contributed by atoms with Gasteiger partial charge in [0.05, 0.1) is 7.11 Å². The quantitative estimate of drug-likeness (QED) is 0.417. The lowest BCUT2D eigenvalue weighted by Gasteiger charge is -2.11. The molecule has 0 aliphatic heterocycles. The maximum Gasteiger partial charge on any atom is 0.286 e. The first-order valence-electron chi connectivity index (χ1n) is 7.35. The first-order valence-corrected chi connectivity index (χ1v) is 8.14. The van der Waals surface area contributed by atoms with Crippen LogP contribution in [-0.2, 0) is 0 Å². The number of hydrogen-bond donors (Lipinski definition) is 4. The van der Waals surface area contributed by atoms with Gasteiger partial charge in [-0.25, -0.2) is 0 Å². The van der Waals surface area contributed by atoms with Gasteiger partial charge in [0.15, 0.2) is 5.11 Å². The van der Waals surface area contributed by atoms with Crippen molar-refractivity contribution in [2.75, 3.05) is 12.4 Å². The molecule has 0 aliphatic rings. The van der Waals surface area contributed by atoms with Gasteiger partial charge in [-0.3, -0.25) is 15.6 Å². The Kier molecular flexibility index (Phi) is 5.06. The highest BCUT2D eigenvalue weighted by molar-refractivity contribution is 7.80. The smallest absolute Gasteiger partial charge is 0.286 e. The molecule has 0 fully saturated rings. The average Bonchev–Trinajstić information content (AvgIpc) is 3.06. The van der Waals surface area contributed by atoms with Crippen molar-refractivity contribution < 1.29 is 9.53 Å². The van der Waals surface area contributed by atoms with Gasteiger partial charge >= 0.3 is 0 Å². The predicted molar refractivity (Wildman–Crippen MR) is 103 cm³/mol. The van der Waals surface area contributed by atoms with Crippen LogP contribution in [0.15, 0.2) is 48.5 Å². The van der Waals surface area contributed by atoms with Crippen LogP contribution in [-0.4, -0.2) is 23.1 Å². The predicted octanol–water partition coefficient (Wildman–Crippen LogP) is 3.46. The van der Waals surface area contributed by atoms with Crippen LogP contribution in [0, 0.1) is 0 Å². The largest absolute Gasteiger partial charge is 0.497 e. The van der Waals surface area contributed by atoms with Crippen molar-refractivity contribution in [3.8, 4) is 5.75 Å². The normalized spacial score (nSPS) is 10.3. The van der Waals surface area contributed by atoms with E-state index in [1.54, 1.807) is 31.4 Å². The number of hydrogen-bond acceptors (Lipinski definition) is 3. The molecule has 4 N–H and O–H groups in total. The van der Waals surface area contributed by atoms with Crippen LogP contribution in [0.2, 0.25) is 5.02 Å². The van der Waals surface area contributed by atoms with E-state index < -0.39 is 0 Å². The molecule has 0 aliphatic carbocycles. The monoisotopic (exact) mass is 374 g/mol. The van der Waals surface area contributed by atoms with Gasteiger partial charge < -0.3 is 15.0 Å². The van der Waals surface area contributed by atoms with Crippen molar-refractivity contribution >= 4 is 51.4 Å².